The van der Waals surface area contributed by atoms with Crippen LogP contribution in [-0.4, -0.2) is 23.2 Å². The zero-order chi connectivity index (χ0) is 21.6. The van der Waals surface area contributed by atoms with Crippen molar-refractivity contribution in [3.8, 4) is 11.5 Å². The van der Waals surface area contributed by atoms with Crippen LogP contribution in [0.4, 0.5) is 0 Å². The summed E-state index contributed by atoms with van der Waals surface area (Å²) in [6, 6.07) is 11.5. The maximum absolute atomic E-state index is 12.9. The molecule has 0 saturated heterocycles. The minimum absolute atomic E-state index is 0.0276. The Bertz CT molecular complexity index is 1170. The van der Waals surface area contributed by atoms with E-state index in [0.29, 0.717) is 5.02 Å². The van der Waals surface area contributed by atoms with Crippen molar-refractivity contribution in [1.29, 1.82) is 0 Å². The molecule has 0 aromatic heterocycles. The number of halogens is 4. The van der Waals surface area contributed by atoms with Gasteiger partial charge in [0, 0.05) is 15.6 Å². The van der Waals surface area contributed by atoms with E-state index in [4.69, 9.17) is 46.4 Å². The van der Waals surface area contributed by atoms with Crippen LogP contribution in [-0.2, 0) is 14.9 Å². The molecule has 0 saturated carbocycles. The average molecular weight is 494 g/mol. The number of aromatic hydroxyl groups is 2. The lowest BCUT2D eigenvalue weighted by molar-refractivity contribution is 0.439. The minimum atomic E-state index is -5.04. The van der Waals surface area contributed by atoms with Crippen molar-refractivity contribution in [3.05, 3.63) is 91.4 Å². The van der Waals surface area contributed by atoms with Crippen LogP contribution < -0.4 is 0 Å². The molecule has 10 heteroatoms. The van der Waals surface area contributed by atoms with Crippen LogP contribution in [0.1, 0.15) is 16.7 Å². The zero-order valence-electron chi connectivity index (χ0n) is 14.3. The van der Waals surface area contributed by atoms with Gasteiger partial charge in [-0.15, -0.1) is 0 Å². The molecule has 152 valence electrons. The van der Waals surface area contributed by atoms with E-state index in [9.17, 15) is 23.2 Å². The van der Waals surface area contributed by atoms with Gasteiger partial charge in [0.15, 0.2) is 4.75 Å². The molecule has 0 spiro atoms. The summed E-state index contributed by atoms with van der Waals surface area (Å²) in [7, 11) is -5.04. The number of hydrogen-bond acceptors (Lipinski definition) is 4. The Morgan fingerprint density at radius 1 is 0.724 bits per heavy atom. The number of hydrogen-bond donors (Lipinski definition) is 3. The highest BCUT2D eigenvalue weighted by atomic mass is 35.5. The molecule has 3 N–H and O–H groups in total. The monoisotopic (exact) mass is 492 g/mol. The van der Waals surface area contributed by atoms with Gasteiger partial charge in [-0.3, -0.25) is 4.55 Å². The fraction of sp³-hybridized carbons (Fsp3) is 0.0526. The summed E-state index contributed by atoms with van der Waals surface area (Å²) in [6.45, 7) is 0. The van der Waals surface area contributed by atoms with Crippen molar-refractivity contribution in [2.24, 2.45) is 0 Å². The van der Waals surface area contributed by atoms with E-state index < -0.39 is 26.4 Å². The van der Waals surface area contributed by atoms with Crippen LogP contribution in [0.5, 0.6) is 11.5 Å². The Hall–Kier alpha value is -1.67. The fourth-order valence-electron chi connectivity index (χ4n) is 3.18. The van der Waals surface area contributed by atoms with Crippen molar-refractivity contribution >= 4 is 56.5 Å². The standard InChI is InChI=1S/C19H12Cl4O5S/c20-12-3-1-10(2-4-12)19(29(26,27)28,14-6-5-13(21)9-16(14)24)11-7-15(22)18(23)17(25)8-11/h1-9,24-25H,(H,26,27,28). The van der Waals surface area contributed by atoms with Gasteiger partial charge in [0.1, 0.15) is 16.5 Å². The van der Waals surface area contributed by atoms with Crippen molar-refractivity contribution in [3.63, 3.8) is 0 Å². The van der Waals surface area contributed by atoms with Crippen molar-refractivity contribution in [2.45, 2.75) is 4.75 Å². The SMILES string of the molecule is O=S(=O)(O)C(c1ccc(Cl)cc1)(c1cc(O)c(Cl)c(Cl)c1)c1ccc(Cl)cc1O. The van der Waals surface area contributed by atoms with E-state index in [-0.39, 0.29) is 31.8 Å². The second-order valence-electron chi connectivity index (χ2n) is 6.12. The second kappa shape index (κ2) is 7.87. The van der Waals surface area contributed by atoms with E-state index in [0.717, 1.165) is 12.1 Å². The molecule has 0 bridgehead atoms. The van der Waals surface area contributed by atoms with Crippen LogP contribution in [0.2, 0.25) is 20.1 Å². The van der Waals surface area contributed by atoms with E-state index in [1.807, 2.05) is 0 Å². The van der Waals surface area contributed by atoms with Gasteiger partial charge < -0.3 is 10.2 Å². The fourth-order valence-corrected chi connectivity index (χ4v) is 5.10. The number of phenols is 2. The Morgan fingerprint density at radius 2 is 1.31 bits per heavy atom. The predicted molar refractivity (Wildman–Crippen MR) is 114 cm³/mol. The largest absolute Gasteiger partial charge is 0.508 e. The molecule has 0 radical (unpaired) electrons. The van der Waals surface area contributed by atoms with Crippen molar-refractivity contribution < 1.29 is 23.2 Å². The summed E-state index contributed by atoms with van der Waals surface area (Å²) in [4.78, 5) is 0. The van der Waals surface area contributed by atoms with E-state index in [2.05, 4.69) is 0 Å². The Kier molecular flexibility index (Phi) is 5.98. The highest BCUT2D eigenvalue weighted by Crippen LogP contribution is 2.49. The molecule has 0 heterocycles. The summed E-state index contributed by atoms with van der Waals surface area (Å²) < 4.78 is 33.9. The first-order valence-electron chi connectivity index (χ1n) is 7.89. The second-order valence-corrected chi connectivity index (χ2v) is 9.34. The minimum Gasteiger partial charge on any atom is -0.508 e. The summed E-state index contributed by atoms with van der Waals surface area (Å²) in [5.41, 5.74) is -0.351. The lowest BCUT2D eigenvalue weighted by Gasteiger charge is -2.33. The average Bonchev–Trinajstić information content (AvgIpc) is 2.62. The van der Waals surface area contributed by atoms with Gasteiger partial charge in [0.2, 0.25) is 0 Å². The predicted octanol–water partition coefficient (Wildman–Crippen LogP) is 5.89. The molecule has 3 aromatic rings. The third-order valence-corrected chi connectivity index (χ3v) is 7.14. The number of rotatable bonds is 4. The lowest BCUT2D eigenvalue weighted by Crippen LogP contribution is -2.38. The molecule has 0 aliphatic rings. The third-order valence-electron chi connectivity index (χ3n) is 4.39. The molecule has 0 fully saturated rings. The molecule has 1 atom stereocenters. The topological polar surface area (TPSA) is 94.8 Å². The molecule has 0 aliphatic heterocycles. The summed E-state index contributed by atoms with van der Waals surface area (Å²) in [5, 5.41) is 20.8. The lowest BCUT2D eigenvalue weighted by atomic mass is 9.83. The highest BCUT2D eigenvalue weighted by Gasteiger charge is 2.50. The van der Waals surface area contributed by atoms with Crippen LogP contribution >= 0.6 is 46.4 Å². The molecule has 1 unspecified atom stereocenters. The number of benzene rings is 3. The first-order chi connectivity index (χ1) is 13.5. The maximum atomic E-state index is 12.9. The summed E-state index contributed by atoms with van der Waals surface area (Å²) >= 11 is 23.8. The summed E-state index contributed by atoms with van der Waals surface area (Å²) in [6.07, 6.45) is 0. The van der Waals surface area contributed by atoms with Crippen LogP contribution in [0.3, 0.4) is 0 Å². The molecule has 3 rings (SSSR count). The van der Waals surface area contributed by atoms with Gasteiger partial charge in [0.05, 0.1) is 5.02 Å². The molecule has 0 amide bonds. The Morgan fingerprint density at radius 3 is 1.83 bits per heavy atom. The Balaban J connectivity index is 2.56. The van der Waals surface area contributed by atoms with Gasteiger partial charge in [-0.05, 0) is 47.5 Å². The molecule has 0 aliphatic carbocycles. The zero-order valence-corrected chi connectivity index (χ0v) is 18.1. The maximum Gasteiger partial charge on any atom is 0.283 e. The van der Waals surface area contributed by atoms with Gasteiger partial charge in [-0.2, -0.15) is 8.42 Å². The quantitative estimate of drug-likeness (QED) is 0.311. The van der Waals surface area contributed by atoms with Crippen LogP contribution in [0, 0.1) is 0 Å². The van der Waals surface area contributed by atoms with Crippen LogP contribution in [0.15, 0.2) is 54.6 Å². The van der Waals surface area contributed by atoms with E-state index in [1.54, 1.807) is 0 Å². The van der Waals surface area contributed by atoms with E-state index >= 15 is 0 Å². The first kappa shape index (κ1) is 22.0. The Labute approximate surface area is 186 Å². The number of phenolic OH excluding ortho intramolecular Hbond substituents is 2. The molecular formula is C19H12Cl4O5S. The molecule has 3 aromatic carbocycles. The molecule has 5 nitrogen and oxygen atoms in total. The molecule has 29 heavy (non-hydrogen) atoms. The van der Waals surface area contributed by atoms with Crippen molar-refractivity contribution in [2.75, 3.05) is 0 Å². The third kappa shape index (κ3) is 3.77. The normalized spacial score (nSPS) is 13.8. The van der Waals surface area contributed by atoms with Crippen molar-refractivity contribution in [1.82, 2.24) is 0 Å². The van der Waals surface area contributed by atoms with Crippen LogP contribution in [0.25, 0.3) is 0 Å². The highest BCUT2D eigenvalue weighted by molar-refractivity contribution is 7.87. The van der Waals surface area contributed by atoms with E-state index in [1.165, 1.54) is 42.5 Å². The van der Waals surface area contributed by atoms with Gasteiger partial charge in [-0.25, -0.2) is 0 Å². The van der Waals surface area contributed by atoms with Gasteiger partial charge in [-0.1, -0.05) is 64.6 Å². The van der Waals surface area contributed by atoms with Gasteiger partial charge in [0.25, 0.3) is 10.1 Å². The van der Waals surface area contributed by atoms with Gasteiger partial charge >= 0.3 is 0 Å². The molecular weight excluding hydrogens is 482 g/mol. The first-order valence-corrected chi connectivity index (χ1v) is 10.8. The summed E-state index contributed by atoms with van der Waals surface area (Å²) in [5.74, 6) is -1.01. The smallest absolute Gasteiger partial charge is 0.283 e.